The second-order valence-electron chi connectivity index (χ2n) is 3.36. The summed E-state index contributed by atoms with van der Waals surface area (Å²) in [6, 6.07) is 4.65. The first-order chi connectivity index (χ1) is 7.52. The number of imidazole rings is 1. The minimum atomic E-state index is -0.547. The molecule has 0 fully saturated rings. The third-order valence-electron chi connectivity index (χ3n) is 2.33. The van der Waals surface area contributed by atoms with Gasteiger partial charge in [0, 0.05) is 5.56 Å². The highest BCUT2D eigenvalue weighted by Gasteiger charge is 2.16. The minimum Gasteiger partial charge on any atom is -0.382 e. The van der Waals surface area contributed by atoms with Crippen molar-refractivity contribution in [3.63, 3.8) is 0 Å². The topological polar surface area (TPSA) is 69.9 Å². The zero-order chi connectivity index (χ0) is 11.9. The molecule has 0 aliphatic heterocycles. The van der Waals surface area contributed by atoms with Gasteiger partial charge in [0.05, 0.1) is 5.02 Å². The second kappa shape index (κ2) is 3.68. The van der Waals surface area contributed by atoms with Crippen LogP contribution >= 0.6 is 11.6 Å². The normalized spacial score (nSPS) is 10.7. The molecule has 84 valence electrons. The molecule has 0 radical (unpaired) electrons. The predicted molar refractivity (Wildman–Crippen MR) is 61.9 cm³/mol. The summed E-state index contributed by atoms with van der Waals surface area (Å²) in [5.74, 6) is 5.77. The first-order valence-electron chi connectivity index (χ1n) is 4.56. The smallest absolute Gasteiger partial charge is 0.151 e. The number of rotatable bonds is 1. The predicted octanol–water partition coefficient (Wildman–Crippen LogP) is 1.95. The van der Waals surface area contributed by atoms with Crippen molar-refractivity contribution in [3.8, 4) is 11.3 Å². The molecule has 0 aliphatic rings. The van der Waals surface area contributed by atoms with E-state index in [1.807, 2.05) is 0 Å². The van der Waals surface area contributed by atoms with Crippen LogP contribution in [0.3, 0.4) is 0 Å². The number of nitrogen functional groups attached to an aromatic ring is 2. The van der Waals surface area contributed by atoms with Gasteiger partial charge in [-0.05, 0) is 19.1 Å². The fourth-order valence-electron chi connectivity index (χ4n) is 1.45. The average molecular weight is 241 g/mol. The third-order valence-corrected chi connectivity index (χ3v) is 2.62. The summed E-state index contributed by atoms with van der Waals surface area (Å²) in [6.07, 6.45) is 0. The molecule has 0 aliphatic carbocycles. The molecule has 4 nitrogen and oxygen atoms in total. The highest BCUT2D eigenvalue weighted by molar-refractivity contribution is 6.31. The van der Waals surface area contributed by atoms with Gasteiger partial charge in [-0.25, -0.2) is 14.1 Å². The van der Waals surface area contributed by atoms with Crippen LogP contribution in [0, 0.1) is 12.7 Å². The molecule has 0 saturated heterocycles. The highest BCUT2D eigenvalue weighted by Crippen LogP contribution is 2.30. The Morgan fingerprint density at radius 3 is 2.69 bits per heavy atom. The molecular weight excluding hydrogens is 231 g/mol. The van der Waals surface area contributed by atoms with E-state index in [0.717, 1.165) is 0 Å². The molecule has 2 rings (SSSR count). The van der Waals surface area contributed by atoms with Crippen LogP contribution < -0.4 is 11.6 Å². The standard InChI is InChI=1S/C10H10ClFN4/c1-5-15-9(10(13)16(5)14)6-3-2-4-7(11)8(6)12/h2-4H,13-14H2,1H3. The van der Waals surface area contributed by atoms with Crippen LogP contribution in [0.5, 0.6) is 0 Å². The van der Waals surface area contributed by atoms with Gasteiger partial charge in [-0.3, -0.25) is 0 Å². The molecule has 16 heavy (non-hydrogen) atoms. The SMILES string of the molecule is Cc1nc(-c2cccc(Cl)c2F)c(N)n1N. The first kappa shape index (κ1) is 10.8. The fraction of sp³-hybridized carbons (Fsp3) is 0.100. The Kier molecular flexibility index (Phi) is 2.47. The van der Waals surface area contributed by atoms with E-state index in [-0.39, 0.29) is 16.4 Å². The van der Waals surface area contributed by atoms with Gasteiger partial charge >= 0.3 is 0 Å². The first-order valence-corrected chi connectivity index (χ1v) is 4.94. The van der Waals surface area contributed by atoms with Crippen LogP contribution in [0.4, 0.5) is 10.2 Å². The van der Waals surface area contributed by atoms with E-state index < -0.39 is 5.82 Å². The lowest BCUT2D eigenvalue weighted by Gasteiger charge is -2.03. The second-order valence-corrected chi connectivity index (χ2v) is 3.77. The maximum Gasteiger partial charge on any atom is 0.151 e. The highest BCUT2D eigenvalue weighted by atomic mass is 35.5. The van der Waals surface area contributed by atoms with Gasteiger partial charge in [0.25, 0.3) is 0 Å². The molecule has 1 heterocycles. The Balaban J connectivity index is 2.68. The van der Waals surface area contributed by atoms with E-state index in [1.165, 1.54) is 10.7 Å². The van der Waals surface area contributed by atoms with Gasteiger partial charge in [0.1, 0.15) is 11.5 Å². The van der Waals surface area contributed by atoms with Crippen molar-refractivity contribution in [2.45, 2.75) is 6.92 Å². The van der Waals surface area contributed by atoms with Crippen LogP contribution in [0.15, 0.2) is 18.2 Å². The number of halogens is 2. The minimum absolute atomic E-state index is 0.0288. The Morgan fingerprint density at radius 1 is 1.44 bits per heavy atom. The fourth-order valence-corrected chi connectivity index (χ4v) is 1.62. The molecule has 0 unspecified atom stereocenters. The lowest BCUT2D eigenvalue weighted by Crippen LogP contribution is -2.13. The molecular formula is C10H10ClFN4. The molecule has 0 saturated carbocycles. The number of hydrogen-bond acceptors (Lipinski definition) is 3. The Labute approximate surface area is 96.6 Å². The van der Waals surface area contributed by atoms with Crippen molar-refractivity contribution in [2.24, 2.45) is 0 Å². The summed E-state index contributed by atoms with van der Waals surface area (Å²) in [6.45, 7) is 1.68. The molecule has 2 aromatic rings. The van der Waals surface area contributed by atoms with Gasteiger partial charge in [-0.15, -0.1) is 0 Å². The van der Waals surface area contributed by atoms with Gasteiger partial charge in [-0.1, -0.05) is 17.7 Å². The molecule has 0 atom stereocenters. The number of nitrogens with two attached hydrogens (primary N) is 2. The lowest BCUT2D eigenvalue weighted by atomic mass is 10.1. The summed E-state index contributed by atoms with van der Waals surface area (Å²) < 4.78 is 14.9. The van der Waals surface area contributed by atoms with Crippen molar-refractivity contribution in [3.05, 3.63) is 34.9 Å². The Hall–Kier alpha value is -1.75. The zero-order valence-corrected chi connectivity index (χ0v) is 9.29. The molecule has 0 amide bonds. The van der Waals surface area contributed by atoms with Crippen molar-refractivity contribution in [1.29, 1.82) is 0 Å². The van der Waals surface area contributed by atoms with E-state index in [1.54, 1.807) is 19.1 Å². The molecule has 0 spiro atoms. The quantitative estimate of drug-likeness (QED) is 0.749. The van der Waals surface area contributed by atoms with Gasteiger partial charge < -0.3 is 11.6 Å². The zero-order valence-electron chi connectivity index (χ0n) is 8.54. The van der Waals surface area contributed by atoms with E-state index >= 15 is 0 Å². The molecule has 6 heteroatoms. The summed E-state index contributed by atoms with van der Waals surface area (Å²) in [7, 11) is 0. The average Bonchev–Trinajstić information content (AvgIpc) is 2.50. The number of benzene rings is 1. The molecule has 1 aromatic heterocycles. The van der Waals surface area contributed by atoms with Crippen molar-refractivity contribution < 1.29 is 4.39 Å². The third kappa shape index (κ3) is 1.49. The van der Waals surface area contributed by atoms with E-state index in [4.69, 9.17) is 23.2 Å². The van der Waals surface area contributed by atoms with Crippen molar-refractivity contribution in [2.75, 3.05) is 11.6 Å². The number of aromatic nitrogens is 2. The number of aryl methyl sites for hydroxylation is 1. The van der Waals surface area contributed by atoms with Gasteiger partial charge in [-0.2, -0.15) is 0 Å². The maximum atomic E-state index is 13.7. The van der Waals surface area contributed by atoms with Crippen LogP contribution in [0.1, 0.15) is 5.82 Å². The van der Waals surface area contributed by atoms with Crippen molar-refractivity contribution >= 4 is 17.4 Å². The summed E-state index contributed by atoms with van der Waals surface area (Å²) in [5.41, 5.74) is 6.27. The molecule has 0 bridgehead atoms. The van der Waals surface area contributed by atoms with Gasteiger partial charge in [0.15, 0.2) is 11.6 Å². The van der Waals surface area contributed by atoms with Crippen LogP contribution in [0.2, 0.25) is 5.02 Å². The number of hydrogen-bond donors (Lipinski definition) is 2. The maximum absolute atomic E-state index is 13.7. The van der Waals surface area contributed by atoms with Crippen LogP contribution in [-0.4, -0.2) is 9.66 Å². The van der Waals surface area contributed by atoms with E-state index in [2.05, 4.69) is 4.98 Å². The van der Waals surface area contributed by atoms with Gasteiger partial charge in [0.2, 0.25) is 0 Å². The van der Waals surface area contributed by atoms with E-state index in [9.17, 15) is 4.39 Å². The Morgan fingerprint density at radius 2 is 2.12 bits per heavy atom. The summed E-state index contributed by atoms with van der Waals surface area (Å²) in [5, 5.41) is 0.0288. The summed E-state index contributed by atoms with van der Waals surface area (Å²) >= 11 is 5.68. The van der Waals surface area contributed by atoms with Crippen molar-refractivity contribution in [1.82, 2.24) is 9.66 Å². The van der Waals surface area contributed by atoms with Crippen LogP contribution in [0.25, 0.3) is 11.3 Å². The largest absolute Gasteiger partial charge is 0.382 e. The lowest BCUT2D eigenvalue weighted by molar-refractivity contribution is 0.631. The van der Waals surface area contributed by atoms with Crippen LogP contribution in [-0.2, 0) is 0 Å². The number of nitrogens with zero attached hydrogens (tertiary/aromatic N) is 2. The molecule has 4 N–H and O–H groups in total. The molecule has 1 aromatic carbocycles. The monoisotopic (exact) mass is 240 g/mol. The number of anilines is 1. The summed E-state index contributed by atoms with van der Waals surface area (Å²) in [4.78, 5) is 4.10. The van der Waals surface area contributed by atoms with E-state index in [0.29, 0.717) is 11.5 Å². The Bertz CT molecular complexity index is 550.